The molecule has 0 aromatic carbocycles. The molecule has 0 radical (unpaired) electrons. The highest BCUT2D eigenvalue weighted by Gasteiger charge is 2.34. The van der Waals surface area contributed by atoms with Crippen LogP contribution in [0.2, 0.25) is 0 Å². The number of amides is 2. The van der Waals surface area contributed by atoms with Crippen molar-refractivity contribution in [2.24, 2.45) is 5.73 Å². The van der Waals surface area contributed by atoms with Crippen LogP contribution in [-0.4, -0.2) is 29.4 Å². The first kappa shape index (κ1) is 13.5. The fourth-order valence-electron chi connectivity index (χ4n) is 2.30. The standard InChI is InChI=1S/C13H18N4O2/c1-3-10-13(19)16-11(18)7-17(10)12-9(8(2)14)5-4-6-15-12/h4-6,8,10H,3,7,14H2,1-2H3,(H,16,18,19)/t8-,10?/m0/s1. The van der Waals surface area contributed by atoms with Gasteiger partial charge in [0.05, 0.1) is 6.54 Å². The highest BCUT2D eigenvalue weighted by Crippen LogP contribution is 2.26. The highest BCUT2D eigenvalue weighted by atomic mass is 16.2. The SMILES string of the molecule is CCC1C(=O)NC(=O)CN1c1ncccc1[C@H](C)N. The maximum Gasteiger partial charge on any atom is 0.249 e. The average molecular weight is 262 g/mol. The second-order valence-electron chi connectivity index (χ2n) is 4.67. The molecule has 1 aliphatic heterocycles. The van der Waals surface area contributed by atoms with Crippen molar-refractivity contribution in [3.05, 3.63) is 23.9 Å². The van der Waals surface area contributed by atoms with Gasteiger partial charge in [0.25, 0.3) is 0 Å². The number of pyridine rings is 1. The number of aromatic nitrogens is 1. The maximum atomic E-state index is 11.9. The molecule has 0 spiro atoms. The molecule has 2 amide bonds. The van der Waals surface area contributed by atoms with Gasteiger partial charge < -0.3 is 10.6 Å². The third-order valence-electron chi connectivity index (χ3n) is 3.22. The van der Waals surface area contributed by atoms with Crippen LogP contribution in [0.3, 0.4) is 0 Å². The first-order valence-corrected chi connectivity index (χ1v) is 6.35. The second-order valence-corrected chi connectivity index (χ2v) is 4.67. The Labute approximate surface area is 112 Å². The zero-order valence-corrected chi connectivity index (χ0v) is 11.1. The number of hydrogen-bond acceptors (Lipinski definition) is 5. The number of nitrogens with zero attached hydrogens (tertiary/aromatic N) is 2. The number of anilines is 1. The van der Waals surface area contributed by atoms with Crippen molar-refractivity contribution in [1.82, 2.24) is 10.3 Å². The molecular formula is C13H18N4O2. The Hall–Kier alpha value is -1.95. The molecule has 102 valence electrons. The van der Waals surface area contributed by atoms with E-state index in [-0.39, 0.29) is 30.4 Å². The Bertz CT molecular complexity index is 501. The first-order chi connectivity index (χ1) is 9.04. The zero-order valence-electron chi connectivity index (χ0n) is 11.1. The van der Waals surface area contributed by atoms with E-state index in [4.69, 9.17) is 5.73 Å². The van der Waals surface area contributed by atoms with E-state index in [0.717, 1.165) is 5.56 Å². The molecule has 3 N–H and O–H groups in total. The topological polar surface area (TPSA) is 88.3 Å². The van der Waals surface area contributed by atoms with E-state index in [1.54, 1.807) is 17.2 Å². The highest BCUT2D eigenvalue weighted by molar-refractivity contribution is 6.04. The third kappa shape index (κ3) is 2.58. The minimum absolute atomic E-state index is 0.126. The average Bonchev–Trinajstić information content (AvgIpc) is 2.37. The molecule has 0 aliphatic carbocycles. The molecule has 1 fully saturated rings. The lowest BCUT2D eigenvalue weighted by molar-refractivity contribution is -0.132. The molecule has 2 heterocycles. The van der Waals surface area contributed by atoms with E-state index in [2.05, 4.69) is 10.3 Å². The minimum Gasteiger partial charge on any atom is -0.335 e. The number of hydrogen-bond donors (Lipinski definition) is 2. The van der Waals surface area contributed by atoms with Crippen LogP contribution in [0.1, 0.15) is 31.9 Å². The molecule has 6 heteroatoms. The molecule has 1 aromatic rings. The summed E-state index contributed by atoms with van der Waals surface area (Å²) >= 11 is 0. The smallest absolute Gasteiger partial charge is 0.249 e. The number of rotatable bonds is 3. The number of piperazine rings is 1. The first-order valence-electron chi connectivity index (χ1n) is 6.35. The van der Waals surface area contributed by atoms with Gasteiger partial charge >= 0.3 is 0 Å². The van der Waals surface area contributed by atoms with Gasteiger partial charge in [-0.1, -0.05) is 13.0 Å². The van der Waals surface area contributed by atoms with Gasteiger partial charge in [0.1, 0.15) is 11.9 Å². The molecule has 2 atom stereocenters. The van der Waals surface area contributed by atoms with Crippen LogP contribution in [0.5, 0.6) is 0 Å². The molecular weight excluding hydrogens is 244 g/mol. The van der Waals surface area contributed by atoms with Crippen LogP contribution in [0, 0.1) is 0 Å². The van der Waals surface area contributed by atoms with Crippen molar-refractivity contribution in [3.63, 3.8) is 0 Å². The minimum atomic E-state index is -0.384. The van der Waals surface area contributed by atoms with Crippen LogP contribution in [0.4, 0.5) is 5.82 Å². The lowest BCUT2D eigenvalue weighted by atomic mass is 10.1. The van der Waals surface area contributed by atoms with Gasteiger partial charge in [0.2, 0.25) is 11.8 Å². The Balaban J connectivity index is 2.43. The molecule has 1 saturated heterocycles. The largest absolute Gasteiger partial charge is 0.335 e. The number of imide groups is 1. The van der Waals surface area contributed by atoms with Crippen molar-refractivity contribution in [1.29, 1.82) is 0 Å². The van der Waals surface area contributed by atoms with Crippen molar-refractivity contribution in [3.8, 4) is 0 Å². The van der Waals surface area contributed by atoms with Crippen LogP contribution < -0.4 is 16.0 Å². The summed E-state index contributed by atoms with van der Waals surface area (Å²) in [4.78, 5) is 29.5. The molecule has 1 aromatic heterocycles. The van der Waals surface area contributed by atoms with Gasteiger partial charge in [0, 0.05) is 17.8 Å². The van der Waals surface area contributed by atoms with Gasteiger partial charge in [-0.25, -0.2) is 4.98 Å². The van der Waals surface area contributed by atoms with Crippen molar-refractivity contribution in [2.75, 3.05) is 11.4 Å². The van der Waals surface area contributed by atoms with Gasteiger partial charge in [-0.3, -0.25) is 14.9 Å². The van der Waals surface area contributed by atoms with Crippen molar-refractivity contribution >= 4 is 17.6 Å². The summed E-state index contributed by atoms with van der Waals surface area (Å²) in [6, 6.07) is 3.08. The monoisotopic (exact) mass is 262 g/mol. The van der Waals surface area contributed by atoms with Gasteiger partial charge in [-0.2, -0.15) is 0 Å². The zero-order chi connectivity index (χ0) is 14.0. The molecule has 1 aliphatic rings. The molecule has 6 nitrogen and oxygen atoms in total. The molecule has 19 heavy (non-hydrogen) atoms. The lowest BCUT2D eigenvalue weighted by Crippen LogP contribution is -2.58. The predicted molar refractivity (Wildman–Crippen MR) is 71.4 cm³/mol. The summed E-state index contributed by atoms with van der Waals surface area (Å²) in [6.45, 7) is 3.88. The van der Waals surface area contributed by atoms with E-state index in [1.807, 2.05) is 19.9 Å². The van der Waals surface area contributed by atoms with E-state index >= 15 is 0 Å². The second kappa shape index (κ2) is 5.36. The Kier molecular flexibility index (Phi) is 3.80. The number of nitrogens with one attached hydrogen (secondary N) is 1. The van der Waals surface area contributed by atoms with Crippen LogP contribution in [0.15, 0.2) is 18.3 Å². The third-order valence-corrected chi connectivity index (χ3v) is 3.22. The molecule has 2 rings (SSSR count). The normalized spacial score (nSPS) is 21.2. The summed E-state index contributed by atoms with van der Waals surface area (Å²) in [6.07, 6.45) is 2.25. The maximum absolute atomic E-state index is 11.9. The Morgan fingerprint density at radius 2 is 2.32 bits per heavy atom. The summed E-state index contributed by atoms with van der Waals surface area (Å²) in [5.41, 5.74) is 6.76. The Morgan fingerprint density at radius 3 is 2.95 bits per heavy atom. The van der Waals surface area contributed by atoms with Gasteiger partial charge in [-0.05, 0) is 19.4 Å². The van der Waals surface area contributed by atoms with Gasteiger partial charge in [-0.15, -0.1) is 0 Å². The van der Waals surface area contributed by atoms with Crippen molar-refractivity contribution in [2.45, 2.75) is 32.4 Å². The van der Waals surface area contributed by atoms with E-state index < -0.39 is 0 Å². The summed E-state index contributed by atoms with van der Waals surface area (Å²) in [5, 5.41) is 2.35. The lowest BCUT2D eigenvalue weighted by Gasteiger charge is -2.35. The van der Waals surface area contributed by atoms with Crippen LogP contribution >= 0.6 is 0 Å². The summed E-state index contributed by atoms with van der Waals surface area (Å²) < 4.78 is 0. The number of carbonyl (C=O) groups excluding carboxylic acids is 2. The number of nitrogens with two attached hydrogens (primary N) is 1. The molecule has 1 unspecified atom stereocenters. The summed E-state index contributed by atoms with van der Waals surface area (Å²) in [5.74, 6) is 0.0311. The Morgan fingerprint density at radius 1 is 1.58 bits per heavy atom. The van der Waals surface area contributed by atoms with E-state index in [0.29, 0.717) is 12.2 Å². The van der Waals surface area contributed by atoms with Gasteiger partial charge in [0.15, 0.2) is 0 Å². The van der Waals surface area contributed by atoms with E-state index in [9.17, 15) is 9.59 Å². The summed E-state index contributed by atoms with van der Waals surface area (Å²) in [7, 11) is 0. The van der Waals surface area contributed by atoms with Crippen LogP contribution in [-0.2, 0) is 9.59 Å². The predicted octanol–water partition coefficient (Wildman–Crippen LogP) is 0.343. The molecule has 0 saturated carbocycles. The van der Waals surface area contributed by atoms with Crippen LogP contribution in [0.25, 0.3) is 0 Å². The molecule has 0 bridgehead atoms. The quantitative estimate of drug-likeness (QED) is 0.767. The van der Waals surface area contributed by atoms with E-state index in [1.165, 1.54) is 0 Å². The fourth-order valence-corrected chi connectivity index (χ4v) is 2.30. The fraction of sp³-hybridized carbons (Fsp3) is 0.462. The van der Waals surface area contributed by atoms with Crippen molar-refractivity contribution < 1.29 is 9.59 Å². The number of carbonyl (C=O) groups is 2.